The SMILES string of the molecule is CC(C)n1nccc1NC(=O)[C@H](C)Sc1nc2ccccc2[nH]1. The van der Waals surface area contributed by atoms with E-state index in [1.54, 1.807) is 16.9 Å². The number of aromatic amines is 1. The average Bonchev–Trinajstić information content (AvgIpc) is 3.12. The van der Waals surface area contributed by atoms with Gasteiger partial charge in [0.2, 0.25) is 5.91 Å². The topological polar surface area (TPSA) is 75.6 Å². The Morgan fingerprint density at radius 3 is 2.78 bits per heavy atom. The van der Waals surface area contributed by atoms with Gasteiger partial charge in [-0.25, -0.2) is 9.67 Å². The standard InChI is InChI=1S/C16H19N5OS/c1-10(2)21-14(8-9-17-21)20-15(22)11(3)23-16-18-12-6-4-5-7-13(12)19-16/h4-11H,1-3H3,(H,18,19)(H,20,22)/t11-/m0/s1. The molecule has 0 bridgehead atoms. The van der Waals surface area contributed by atoms with Crippen LogP contribution in [0.15, 0.2) is 41.7 Å². The lowest BCUT2D eigenvalue weighted by molar-refractivity contribution is -0.115. The molecule has 2 aromatic heterocycles. The van der Waals surface area contributed by atoms with Crippen LogP contribution >= 0.6 is 11.8 Å². The fourth-order valence-electron chi connectivity index (χ4n) is 2.26. The second-order valence-electron chi connectivity index (χ2n) is 5.56. The molecule has 2 N–H and O–H groups in total. The van der Waals surface area contributed by atoms with Gasteiger partial charge in [-0.3, -0.25) is 4.79 Å². The van der Waals surface area contributed by atoms with Gasteiger partial charge in [0.25, 0.3) is 0 Å². The molecule has 0 unspecified atom stereocenters. The summed E-state index contributed by atoms with van der Waals surface area (Å²) in [6.07, 6.45) is 1.69. The molecular weight excluding hydrogens is 310 g/mol. The van der Waals surface area contributed by atoms with Crippen molar-refractivity contribution in [3.63, 3.8) is 0 Å². The largest absolute Gasteiger partial charge is 0.333 e. The number of thioether (sulfide) groups is 1. The number of para-hydroxylation sites is 2. The molecule has 0 fully saturated rings. The number of fused-ring (bicyclic) bond motifs is 1. The molecule has 120 valence electrons. The van der Waals surface area contributed by atoms with Crippen LogP contribution in [-0.2, 0) is 4.79 Å². The highest BCUT2D eigenvalue weighted by atomic mass is 32.2. The molecule has 7 heteroatoms. The minimum Gasteiger partial charge on any atom is -0.333 e. The smallest absolute Gasteiger partial charge is 0.238 e. The van der Waals surface area contributed by atoms with Gasteiger partial charge in [0.1, 0.15) is 5.82 Å². The molecule has 3 rings (SSSR count). The van der Waals surface area contributed by atoms with Gasteiger partial charge in [-0.2, -0.15) is 5.10 Å². The van der Waals surface area contributed by atoms with Crippen molar-refractivity contribution in [1.29, 1.82) is 0 Å². The summed E-state index contributed by atoms with van der Waals surface area (Å²) in [5, 5.41) is 7.61. The quantitative estimate of drug-likeness (QED) is 0.703. The summed E-state index contributed by atoms with van der Waals surface area (Å²) in [4.78, 5) is 20.1. The van der Waals surface area contributed by atoms with E-state index in [2.05, 4.69) is 20.4 Å². The van der Waals surface area contributed by atoms with Gasteiger partial charge in [0.15, 0.2) is 5.16 Å². The van der Waals surface area contributed by atoms with Crippen LogP contribution in [0.4, 0.5) is 5.82 Å². The first-order chi connectivity index (χ1) is 11.0. The van der Waals surface area contributed by atoms with E-state index in [0.29, 0.717) is 5.82 Å². The van der Waals surface area contributed by atoms with Gasteiger partial charge in [-0.1, -0.05) is 23.9 Å². The normalized spacial score (nSPS) is 12.7. The fraction of sp³-hybridized carbons (Fsp3) is 0.312. The van der Waals surface area contributed by atoms with Gasteiger partial charge in [-0.15, -0.1) is 0 Å². The Bertz CT molecular complexity index is 790. The summed E-state index contributed by atoms with van der Waals surface area (Å²) in [7, 11) is 0. The summed E-state index contributed by atoms with van der Waals surface area (Å²) in [6, 6.07) is 9.81. The third-order valence-corrected chi connectivity index (χ3v) is 4.42. The maximum atomic E-state index is 12.4. The predicted molar refractivity (Wildman–Crippen MR) is 92.7 cm³/mol. The van der Waals surface area contributed by atoms with Crippen molar-refractivity contribution >= 4 is 34.5 Å². The number of amides is 1. The number of nitrogens with one attached hydrogen (secondary N) is 2. The van der Waals surface area contributed by atoms with E-state index in [0.717, 1.165) is 16.2 Å². The first-order valence-electron chi connectivity index (χ1n) is 7.50. The summed E-state index contributed by atoms with van der Waals surface area (Å²) < 4.78 is 1.79. The molecule has 0 saturated heterocycles. The number of carbonyl (C=O) groups is 1. The lowest BCUT2D eigenvalue weighted by Gasteiger charge is -2.14. The summed E-state index contributed by atoms with van der Waals surface area (Å²) in [6.45, 7) is 5.91. The van der Waals surface area contributed by atoms with Crippen molar-refractivity contribution < 1.29 is 4.79 Å². The van der Waals surface area contributed by atoms with E-state index in [-0.39, 0.29) is 17.2 Å². The van der Waals surface area contributed by atoms with Crippen LogP contribution in [0.25, 0.3) is 11.0 Å². The fourth-order valence-corrected chi connectivity index (χ4v) is 3.08. The van der Waals surface area contributed by atoms with Crippen LogP contribution in [0, 0.1) is 0 Å². The second kappa shape index (κ2) is 6.45. The van der Waals surface area contributed by atoms with Crippen molar-refractivity contribution in [2.75, 3.05) is 5.32 Å². The molecule has 0 aliphatic rings. The maximum Gasteiger partial charge on any atom is 0.238 e. The molecule has 1 atom stereocenters. The maximum absolute atomic E-state index is 12.4. The van der Waals surface area contributed by atoms with Gasteiger partial charge in [-0.05, 0) is 32.9 Å². The number of imidazole rings is 1. The summed E-state index contributed by atoms with van der Waals surface area (Å²) >= 11 is 1.41. The Balaban J connectivity index is 1.68. The highest BCUT2D eigenvalue weighted by molar-refractivity contribution is 8.00. The highest BCUT2D eigenvalue weighted by Gasteiger charge is 2.18. The Morgan fingerprint density at radius 1 is 1.26 bits per heavy atom. The molecule has 0 radical (unpaired) electrons. The number of H-pyrrole nitrogens is 1. The monoisotopic (exact) mass is 329 g/mol. The molecule has 3 aromatic rings. The number of hydrogen-bond acceptors (Lipinski definition) is 4. The number of rotatable bonds is 5. The van der Waals surface area contributed by atoms with Crippen LogP contribution in [0.3, 0.4) is 0 Å². The van der Waals surface area contributed by atoms with E-state index in [4.69, 9.17) is 0 Å². The minimum absolute atomic E-state index is 0.0714. The number of hydrogen-bond donors (Lipinski definition) is 2. The van der Waals surface area contributed by atoms with Crippen LogP contribution in [-0.4, -0.2) is 30.9 Å². The van der Waals surface area contributed by atoms with Crippen LogP contribution in [0.2, 0.25) is 0 Å². The van der Waals surface area contributed by atoms with Crippen molar-refractivity contribution in [3.8, 4) is 0 Å². The Morgan fingerprint density at radius 2 is 2.04 bits per heavy atom. The minimum atomic E-state index is -0.272. The molecule has 0 aliphatic carbocycles. The molecule has 0 aliphatic heterocycles. The third-order valence-electron chi connectivity index (χ3n) is 3.44. The second-order valence-corrected chi connectivity index (χ2v) is 6.89. The lowest BCUT2D eigenvalue weighted by atomic mass is 10.3. The van der Waals surface area contributed by atoms with Crippen LogP contribution < -0.4 is 5.32 Å². The van der Waals surface area contributed by atoms with Crippen molar-refractivity contribution in [1.82, 2.24) is 19.7 Å². The number of anilines is 1. The molecule has 2 heterocycles. The molecule has 0 saturated carbocycles. The van der Waals surface area contributed by atoms with Gasteiger partial charge in [0.05, 0.1) is 22.5 Å². The number of benzene rings is 1. The molecule has 6 nitrogen and oxygen atoms in total. The Kier molecular flexibility index (Phi) is 4.38. The van der Waals surface area contributed by atoms with E-state index in [9.17, 15) is 4.79 Å². The van der Waals surface area contributed by atoms with E-state index in [1.807, 2.05) is 45.0 Å². The van der Waals surface area contributed by atoms with Gasteiger partial charge >= 0.3 is 0 Å². The number of aromatic nitrogens is 4. The first kappa shape index (κ1) is 15.6. The van der Waals surface area contributed by atoms with E-state index < -0.39 is 0 Å². The number of carbonyl (C=O) groups excluding carboxylic acids is 1. The zero-order valence-corrected chi connectivity index (χ0v) is 14.1. The van der Waals surface area contributed by atoms with Crippen molar-refractivity contribution in [2.45, 2.75) is 37.2 Å². The molecule has 23 heavy (non-hydrogen) atoms. The van der Waals surface area contributed by atoms with E-state index in [1.165, 1.54) is 11.8 Å². The molecular formula is C16H19N5OS. The number of nitrogens with zero attached hydrogens (tertiary/aromatic N) is 3. The summed E-state index contributed by atoms with van der Waals surface area (Å²) in [5.74, 6) is 0.639. The highest BCUT2D eigenvalue weighted by Crippen LogP contribution is 2.24. The zero-order valence-electron chi connectivity index (χ0n) is 13.3. The lowest BCUT2D eigenvalue weighted by Crippen LogP contribution is -2.24. The Hall–Kier alpha value is -2.28. The van der Waals surface area contributed by atoms with Crippen molar-refractivity contribution in [2.24, 2.45) is 0 Å². The van der Waals surface area contributed by atoms with Gasteiger partial charge in [0, 0.05) is 12.1 Å². The molecule has 1 aromatic carbocycles. The Labute approximate surface area is 138 Å². The average molecular weight is 329 g/mol. The third kappa shape index (κ3) is 3.39. The molecule has 1 amide bonds. The van der Waals surface area contributed by atoms with Gasteiger partial charge < -0.3 is 10.3 Å². The first-order valence-corrected chi connectivity index (χ1v) is 8.38. The molecule has 0 spiro atoms. The predicted octanol–water partition coefficient (Wildman–Crippen LogP) is 3.46. The van der Waals surface area contributed by atoms with Crippen LogP contribution in [0.5, 0.6) is 0 Å². The summed E-state index contributed by atoms with van der Waals surface area (Å²) in [5.41, 5.74) is 1.88. The zero-order chi connectivity index (χ0) is 16.4. The van der Waals surface area contributed by atoms with Crippen LogP contribution in [0.1, 0.15) is 26.8 Å². The van der Waals surface area contributed by atoms with Crippen molar-refractivity contribution in [3.05, 3.63) is 36.5 Å². The van der Waals surface area contributed by atoms with E-state index >= 15 is 0 Å².